The monoisotopic (exact) mass is 258 g/mol. The van der Waals surface area contributed by atoms with Gasteiger partial charge in [-0.2, -0.15) is 5.26 Å². The minimum Gasteiger partial charge on any atom is -0.493 e. The van der Waals surface area contributed by atoms with E-state index in [4.69, 9.17) is 10.00 Å². The molecule has 0 bridgehead atoms. The zero-order chi connectivity index (χ0) is 12.8. The molecule has 4 heteroatoms. The summed E-state index contributed by atoms with van der Waals surface area (Å²) in [6.07, 6.45) is 1.78. The van der Waals surface area contributed by atoms with Crippen molar-refractivity contribution in [1.29, 1.82) is 5.26 Å². The number of aromatic nitrogens is 1. The van der Waals surface area contributed by atoms with Crippen LogP contribution in [0.2, 0.25) is 0 Å². The number of hydrogen-bond donors (Lipinski definition) is 0. The summed E-state index contributed by atoms with van der Waals surface area (Å²) in [6.45, 7) is 2.72. The van der Waals surface area contributed by atoms with Crippen molar-refractivity contribution >= 4 is 11.3 Å². The number of thiazole rings is 1. The van der Waals surface area contributed by atoms with E-state index in [1.54, 1.807) is 5.38 Å². The van der Waals surface area contributed by atoms with Gasteiger partial charge in [-0.05, 0) is 24.1 Å². The van der Waals surface area contributed by atoms with E-state index in [9.17, 15) is 0 Å². The second kappa shape index (κ2) is 6.18. The van der Waals surface area contributed by atoms with Crippen molar-refractivity contribution in [3.8, 4) is 11.8 Å². The molecule has 0 N–H and O–H groups in total. The number of ether oxygens (including phenoxy) is 1. The molecule has 0 aliphatic carbocycles. The highest BCUT2D eigenvalue weighted by molar-refractivity contribution is 7.09. The van der Waals surface area contributed by atoms with Crippen molar-refractivity contribution in [3.63, 3.8) is 0 Å². The normalized spacial score (nSPS) is 10.0. The first-order valence-electron chi connectivity index (χ1n) is 5.88. The molecule has 0 saturated heterocycles. The standard InChI is InChI=1S/C14H14N2OS/c1-2-11-3-5-13(6-4-11)17-8-7-14-16-12(9-15)10-18-14/h3-6,10H,2,7-8H2,1H3. The fourth-order valence-corrected chi connectivity index (χ4v) is 2.26. The molecular formula is C14H14N2OS. The van der Waals surface area contributed by atoms with Crippen molar-refractivity contribution in [2.75, 3.05) is 6.61 Å². The molecular weight excluding hydrogens is 244 g/mol. The Morgan fingerprint density at radius 3 is 2.72 bits per heavy atom. The number of aryl methyl sites for hydroxylation is 1. The average Bonchev–Trinajstić information content (AvgIpc) is 2.87. The Bertz CT molecular complexity index is 540. The molecule has 3 nitrogen and oxygen atoms in total. The maximum absolute atomic E-state index is 8.67. The Labute approximate surface area is 111 Å². The van der Waals surface area contributed by atoms with Crippen LogP contribution in [0.5, 0.6) is 5.75 Å². The maximum atomic E-state index is 8.67. The zero-order valence-electron chi connectivity index (χ0n) is 10.2. The second-order valence-electron chi connectivity index (χ2n) is 3.83. The number of benzene rings is 1. The summed E-state index contributed by atoms with van der Waals surface area (Å²) in [7, 11) is 0. The van der Waals surface area contributed by atoms with E-state index in [1.807, 2.05) is 18.2 Å². The van der Waals surface area contributed by atoms with Gasteiger partial charge in [0.1, 0.15) is 11.8 Å². The van der Waals surface area contributed by atoms with Gasteiger partial charge in [0.15, 0.2) is 5.69 Å². The molecule has 0 unspecified atom stereocenters. The molecule has 1 heterocycles. The van der Waals surface area contributed by atoms with E-state index in [1.165, 1.54) is 16.9 Å². The highest BCUT2D eigenvalue weighted by Crippen LogP contribution is 2.14. The van der Waals surface area contributed by atoms with Crippen LogP contribution >= 0.6 is 11.3 Å². The van der Waals surface area contributed by atoms with Crippen molar-refractivity contribution in [3.05, 3.63) is 45.9 Å². The van der Waals surface area contributed by atoms with Gasteiger partial charge in [-0.25, -0.2) is 4.98 Å². The fraction of sp³-hybridized carbons (Fsp3) is 0.286. The van der Waals surface area contributed by atoms with Crippen LogP contribution < -0.4 is 4.74 Å². The van der Waals surface area contributed by atoms with Gasteiger partial charge in [-0.3, -0.25) is 0 Å². The van der Waals surface area contributed by atoms with Gasteiger partial charge < -0.3 is 4.74 Å². The van der Waals surface area contributed by atoms with E-state index in [2.05, 4.69) is 24.0 Å². The molecule has 0 aliphatic heterocycles. The SMILES string of the molecule is CCc1ccc(OCCc2nc(C#N)cs2)cc1. The Morgan fingerprint density at radius 1 is 1.33 bits per heavy atom. The van der Waals surface area contributed by atoms with Crippen LogP contribution in [0.15, 0.2) is 29.6 Å². The van der Waals surface area contributed by atoms with Crippen molar-refractivity contribution in [2.24, 2.45) is 0 Å². The Hall–Kier alpha value is -1.86. The minimum atomic E-state index is 0.488. The summed E-state index contributed by atoms with van der Waals surface area (Å²) in [4.78, 5) is 4.16. The molecule has 0 radical (unpaired) electrons. The first-order valence-corrected chi connectivity index (χ1v) is 6.76. The second-order valence-corrected chi connectivity index (χ2v) is 4.78. The molecule has 0 fully saturated rings. The number of nitrogens with zero attached hydrogens (tertiary/aromatic N) is 2. The smallest absolute Gasteiger partial charge is 0.151 e. The molecule has 92 valence electrons. The lowest BCUT2D eigenvalue weighted by molar-refractivity contribution is 0.321. The van der Waals surface area contributed by atoms with Crippen LogP contribution in [0.1, 0.15) is 23.2 Å². The van der Waals surface area contributed by atoms with Crippen LogP contribution in [0.25, 0.3) is 0 Å². The molecule has 0 amide bonds. The molecule has 18 heavy (non-hydrogen) atoms. The molecule has 1 aromatic carbocycles. The van der Waals surface area contributed by atoms with Crippen LogP contribution in [-0.4, -0.2) is 11.6 Å². The first-order chi connectivity index (χ1) is 8.81. The molecule has 0 spiro atoms. The lowest BCUT2D eigenvalue weighted by Gasteiger charge is -2.05. The van der Waals surface area contributed by atoms with Crippen LogP contribution in [-0.2, 0) is 12.8 Å². The summed E-state index contributed by atoms with van der Waals surface area (Å²) in [6, 6.07) is 10.2. The van der Waals surface area contributed by atoms with Gasteiger partial charge >= 0.3 is 0 Å². The van der Waals surface area contributed by atoms with Crippen LogP contribution in [0, 0.1) is 11.3 Å². The van der Waals surface area contributed by atoms with E-state index < -0.39 is 0 Å². The third-order valence-electron chi connectivity index (χ3n) is 2.58. The molecule has 1 aromatic heterocycles. The quantitative estimate of drug-likeness (QED) is 0.827. The lowest BCUT2D eigenvalue weighted by atomic mass is 10.2. The molecule has 0 atom stereocenters. The highest BCUT2D eigenvalue weighted by atomic mass is 32.1. The Morgan fingerprint density at radius 2 is 2.11 bits per heavy atom. The molecule has 2 aromatic rings. The summed E-state index contributed by atoms with van der Waals surface area (Å²) in [5, 5.41) is 11.4. The van der Waals surface area contributed by atoms with Gasteiger partial charge in [-0.15, -0.1) is 11.3 Å². The third-order valence-corrected chi connectivity index (χ3v) is 3.49. The summed E-state index contributed by atoms with van der Waals surface area (Å²) < 4.78 is 5.64. The summed E-state index contributed by atoms with van der Waals surface area (Å²) in [5.74, 6) is 0.879. The van der Waals surface area contributed by atoms with Crippen LogP contribution in [0.4, 0.5) is 0 Å². The van der Waals surface area contributed by atoms with E-state index >= 15 is 0 Å². The topological polar surface area (TPSA) is 45.9 Å². The van der Waals surface area contributed by atoms with E-state index in [-0.39, 0.29) is 0 Å². The van der Waals surface area contributed by atoms with Gasteiger partial charge in [0, 0.05) is 11.8 Å². The first kappa shape index (κ1) is 12.6. The van der Waals surface area contributed by atoms with Gasteiger partial charge in [0.05, 0.1) is 11.6 Å². The Kier molecular flexibility index (Phi) is 4.32. The number of rotatable bonds is 5. The van der Waals surface area contributed by atoms with Crippen molar-refractivity contribution < 1.29 is 4.74 Å². The molecule has 0 saturated carbocycles. The van der Waals surface area contributed by atoms with Crippen molar-refractivity contribution in [2.45, 2.75) is 19.8 Å². The van der Waals surface area contributed by atoms with Gasteiger partial charge in [0.25, 0.3) is 0 Å². The largest absolute Gasteiger partial charge is 0.493 e. The average molecular weight is 258 g/mol. The van der Waals surface area contributed by atoms with Gasteiger partial charge in [0.2, 0.25) is 0 Å². The highest BCUT2D eigenvalue weighted by Gasteiger charge is 2.01. The van der Waals surface area contributed by atoms with Gasteiger partial charge in [-0.1, -0.05) is 19.1 Å². The number of hydrogen-bond acceptors (Lipinski definition) is 4. The van der Waals surface area contributed by atoms with Crippen molar-refractivity contribution in [1.82, 2.24) is 4.98 Å². The Balaban J connectivity index is 1.82. The fourth-order valence-electron chi connectivity index (χ4n) is 1.55. The third kappa shape index (κ3) is 3.31. The predicted octanol–water partition coefficient (Wildman–Crippen LogP) is 3.20. The predicted molar refractivity (Wildman–Crippen MR) is 71.8 cm³/mol. The number of nitriles is 1. The molecule has 0 aliphatic rings. The minimum absolute atomic E-state index is 0.488. The summed E-state index contributed by atoms with van der Waals surface area (Å²) >= 11 is 1.50. The van der Waals surface area contributed by atoms with E-state index in [0.717, 1.165) is 23.6 Å². The molecule has 2 rings (SSSR count). The zero-order valence-corrected chi connectivity index (χ0v) is 11.0. The summed E-state index contributed by atoms with van der Waals surface area (Å²) in [5.41, 5.74) is 1.79. The van der Waals surface area contributed by atoms with Crippen LogP contribution in [0.3, 0.4) is 0 Å². The maximum Gasteiger partial charge on any atom is 0.151 e. The van der Waals surface area contributed by atoms with E-state index in [0.29, 0.717) is 12.3 Å². The lowest BCUT2D eigenvalue weighted by Crippen LogP contribution is -2.01.